The van der Waals surface area contributed by atoms with E-state index in [1.807, 2.05) is 6.07 Å². The van der Waals surface area contributed by atoms with E-state index in [2.05, 4.69) is 41.5 Å². The summed E-state index contributed by atoms with van der Waals surface area (Å²) < 4.78 is 13.2. The fourth-order valence-electron chi connectivity index (χ4n) is 7.06. The Balaban J connectivity index is 1.38. The zero-order chi connectivity index (χ0) is 24.5. The first kappa shape index (κ1) is 23.9. The molecule has 0 atom stereocenters. The van der Waals surface area contributed by atoms with Gasteiger partial charge >= 0.3 is 0 Å². The van der Waals surface area contributed by atoms with Crippen LogP contribution in [0, 0.1) is 22.7 Å². The molecule has 2 spiro atoms. The Morgan fingerprint density at radius 3 is 1.32 bits per heavy atom. The minimum absolute atomic E-state index is 0.108. The second-order valence-electron chi connectivity index (χ2n) is 13.9. The maximum absolute atomic E-state index is 13.2. The van der Waals surface area contributed by atoms with Crippen molar-refractivity contribution in [2.45, 2.75) is 117 Å². The van der Waals surface area contributed by atoms with Crippen molar-refractivity contribution in [3.8, 4) is 11.5 Å². The van der Waals surface area contributed by atoms with Crippen molar-refractivity contribution >= 4 is 11.6 Å². The van der Waals surface area contributed by atoms with E-state index in [0.717, 1.165) is 51.4 Å². The third kappa shape index (κ3) is 4.20. The van der Waals surface area contributed by atoms with Gasteiger partial charge in [0.1, 0.15) is 22.7 Å². The second-order valence-corrected chi connectivity index (χ2v) is 13.9. The van der Waals surface area contributed by atoms with Gasteiger partial charge in [0.05, 0.1) is 24.0 Å². The van der Waals surface area contributed by atoms with Crippen LogP contribution >= 0.6 is 0 Å². The highest BCUT2D eigenvalue weighted by Gasteiger charge is 2.48. The average molecular weight is 467 g/mol. The number of hydrogen-bond acceptors (Lipinski definition) is 4. The van der Waals surface area contributed by atoms with E-state index in [0.29, 0.717) is 47.3 Å². The molecule has 2 aliphatic heterocycles. The van der Waals surface area contributed by atoms with Gasteiger partial charge in [-0.3, -0.25) is 9.59 Å². The molecule has 4 aliphatic rings. The lowest BCUT2D eigenvalue weighted by Crippen LogP contribution is -2.47. The lowest BCUT2D eigenvalue weighted by atomic mass is 9.66. The van der Waals surface area contributed by atoms with Crippen LogP contribution in [0.2, 0.25) is 0 Å². The molecule has 0 bridgehead atoms. The number of ketones is 2. The van der Waals surface area contributed by atoms with Crippen molar-refractivity contribution in [1.29, 1.82) is 0 Å². The number of rotatable bonds is 0. The maximum Gasteiger partial charge on any atom is 0.170 e. The summed E-state index contributed by atoms with van der Waals surface area (Å²) in [7, 11) is 0. The molecule has 2 aliphatic carbocycles. The topological polar surface area (TPSA) is 52.6 Å². The smallest absolute Gasteiger partial charge is 0.170 e. The average Bonchev–Trinajstić information content (AvgIpc) is 2.72. The van der Waals surface area contributed by atoms with Crippen molar-refractivity contribution < 1.29 is 19.1 Å². The number of hydrogen-bond donors (Lipinski definition) is 0. The Hall–Kier alpha value is -1.84. The van der Waals surface area contributed by atoms with Gasteiger partial charge in [0.2, 0.25) is 0 Å². The van der Waals surface area contributed by atoms with Gasteiger partial charge in [0, 0.05) is 6.07 Å². The van der Waals surface area contributed by atoms with Crippen molar-refractivity contribution in [2.75, 3.05) is 0 Å². The molecule has 1 aromatic rings. The van der Waals surface area contributed by atoms with E-state index in [-0.39, 0.29) is 22.4 Å². The second kappa shape index (κ2) is 7.83. The summed E-state index contributed by atoms with van der Waals surface area (Å²) in [6.45, 7) is 13.9. The summed E-state index contributed by atoms with van der Waals surface area (Å²) in [6, 6.07) is 3.63. The molecule has 0 unspecified atom stereocenters. The number of carbonyl (C=O) groups excluding carboxylic acids is 2. The molecule has 2 fully saturated rings. The quantitative estimate of drug-likeness (QED) is 0.396. The zero-order valence-corrected chi connectivity index (χ0v) is 22.0. The Morgan fingerprint density at radius 1 is 0.647 bits per heavy atom. The van der Waals surface area contributed by atoms with Crippen LogP contribution in [0.15, 0.2) is 12.1 Å². The molecule has 0 radical (unpaired) electrons. The van der Waals surface area contributed by atoms with Crippen LogP contribution in [-0.2, 0) is 0 Å². The van der Waals surface area contributed by atoms with Gasteiger partial charge in [0.15, 0.2) is 11.6 Å². The van der Waals surface area contributed by atoms with Crippen LogP contribution in [0.1, 0.15) is 126 Å². The molecule has 4 nitrogen and oxygen atoms in total. The van der Waals surface area contributed by atoms with Crippen molar-refractivity contribution in [2.24, 2.45) is 22.7 Å². The predicted octanol–water partition coefficient (Wildman–Crippen LogP) is 7.57. The van der Waals surface area contributed by atoms with E-state index in [1.54, 1.807) is 6.07 Å². The van der Waals surface area contributed by atoms with Gasteiger partial charge in [-0.2, -0.15) is 0 Å². The van der Waals surface area contributed by atoms with Crippen LogP contribution in [0.4, 0.5) is 0 Å². The lowest BCUT2D eigenvalue weighted by Gasteiger charge is -2.47. The van der Waals surface area contributed by atoms with Gasteiger partial charge in [0.25, 0.3) is 0 Å². The zero-order valence-electron chi connectivity index (χ0n) is 22.0. The summed E-state index contributed by atoms with van der Waals surface area (Å²) >= 11 is 0. The third-order valence-corrected chi connectivity index (χ3v) is 9.54. The molecule has 1 aromatic carbocycles. The molecule has 34 heavy (non-hydrogen) atoms. The first-order valence-electron chi connectivity index (χ1n) is 13.4. The molecule has 0 amide bonds. The monoisotopic (exact) mass is 466 g/mol. The molecular weight excluding hydrogens is 424 g/mol. The molecular formula is C30H42O4. The lowest BCUT2D eigenvalue weighted by molar-refractivity contribution is -0.0179. The molecule has 4 heteroatoms. The van der Waals surface area contributed by atoms with Gasteiger partial charge in [-0.1, -0.05) is 41.5 Å². The highest BCUT2D eigenvalue weighted by atomic mass is 16.5. The van der Waals surface area contributed by atoms with Crippen LogP contribution in [0.5, 0.6) is 11.5 Å². The fourth-order valence-corrected chi connectivity index (χ4v) is 7.06. The predicted molar refractivity (Wildman–Crippen MR) is 134 cm³/mol. The van der Waals surface area contributed by atoms with Crippen LogP contribution < -0.4 is 9.47 Å². The van der Waals surface area contributed by atoms with Crippen molar-refractivity contribution in [3.63, 3.8) is 0 Å². The molecule has 186 valence electrons. The minimum Gasteiger partial charge on any atom is -0.486 e. The van der Waals surface area contributed by atoms with Gasteiger partial charge < -0.3 is 9.47 Å². The fraction of sp³-hybridized carbons (Fsp3) is 0.733. The third-order valence-electron chi connectivity index (χ3n) is 9.54. The summed E-state index contributed by atoms with van der Waals surface area (Å²) in [6.07, 6.45) is 8.84. The highest BCUT2D eigenvalue weighted by molar-refractivity contribution is 6.06. The largest absolute Gasteiger partial charge is 0.486 e. The first-order valence-corrected chi connectivity index (χ1v) is 13.4. The van der Waals surface area contributed by atoms with Crippen LogP contribution in [-0.4, -0.2) is 22.8 Å². The van der Waals surface area contributed by atoms with Crippen LogP contribution in [0.25, 0.3) is 0 Å². The summed E-state index contributed by atoms with van der Waals surface area (Å²) in [5.74, 6) is 2.78. The first-order chi connectivity index (χ1) is 15.8. The molecule has 0 N–H and O–H groups in total. The van der Waals surface area contributed by atoms with E-state index in [4.69, 9.17) is 9.47 Å². The van der Waals surface area contributed by atoms with E-state index >= 15 is 0 Å². The van der Waals surface area contributed by atoms with E-state index in [9.17, 15) is 9.59 Å². The molecule has 2 saturated carbocycles. The van der Waals surface area contributed by atoms with E-state index in [1.165, 1.54) is 0 Å². The molecule has 5 rings (SSSR count). The van der Waals surface area contributed by atoms with E-state index < -0.39 is 11.2 Å². The number of ether oxygens (including phenoxy) is 2. The van der Waals surface area contributed by atoms with Crippen LogP contribution in [0.3, 0.4) is 0 Å². The maximum atomic E-state index is 13.2. The van der Waals surface area contributed by atoms with Crippen molar-refractivity contribution in [3.05, 3.63) is 23.3 Å². The Bertz CT molecular complexity index is 913. The number of carbonyl (C=O) groups is 2. The van der Waals surface area contributed by atoms with Gasteiger partial charge in [-0.15, -0.1) is 0 Å². The van der Waals surface area contributed by atoms with Crippen molar-refractivity contribution in [1.82, 2.24) is 0 Å². The summed E-state index contributed by atoms with van der Waals surface area (Å²) in [5.41, 5.74) is 0.887. The normalized spacial score (nSPS) is 33.8. The number of fused-ring (bicyclic) bond motifs is 2. The number of Topliss-reactive ketones (excluding diaryl/α,β-unsaturated/α-hetero) is 2. The van der Waals surface area contributed by atoms with Gasteiger partial charge in [-0.05, 0) is 80.1 Å². The van der Waals surface area contributed by atoms with Gasteiger partial charge in [-0.25, -0.2) is 0 Å². The molecule has 0 saturated heterocycles. The standard InChI is InChI=1S/C30H42O4/c1-27(2,3)19-7-11-29(12-8-19)17-23(31)21-15-22-24(32)18-30(34-26(22)16-25(21)33-29)13-9-20(10-14-30)28(4,5)6/h15-16,19-20H,7-14,17-18H2,1-6H3. The Kier molecular flexibility index (Phi) is 5.50. The Morgan fingerprint density at radius 2 is 1.00 bits per heavy atom. The minimum atomic E-state index is -0.402. The highest BCUT2D eigenvalue weighted by Crippen LogP contribution is 2.51. The molecule has 0 aromatic heterocycles. The SMILES string of the molecule is CC(C)(C)C1CCC2(CC1)CC(=O)c1cc3c(cc1O2)OC1(CCC(C(C)(C)C)CC1)CC3=O. The summed E-state index contributed by atoms with van der Waals surface area (Å²) in [5, 5.41) is 0. The number of benzene rings is 1. The molecule has 2 heterocycles. The summed E-state index contributed by atoms with van der Waals surface area (Å²) in [4.78, 5) is 26.4. The Labute approximate surface area is 205 Å².